The Kier molecular flexibility index (Phi) is 4.85. The van der Waals surface area contributed by atoms with Gasteiger partial charge in [0.1, 0.15) is 0 Å². The quantitative estimate of drug-likeness (QED) is 0.741. The Morgan fingerprint density at radius 3 is 2.81 bits per heavy atom. The standard InChI is InChI=1S/C21H24N4OS/c1-14-21(16(3)25(23-14)17-7-5-4-6-8-17)22-20(26)13-24-11-9-19-18(15(24)2)10-12-27-19/h4-8,10,12,15H,9,11,13H2,1-3H3,(H,22,26)/t15-/m0/s1. The Morgan fingerprint density at radius 1 is 1.26 bits per heavy atom. The highest BCUT2D eigenvalue weighted by atomic mass is 32.1. The third-order valence-corrected chi connectivity index (χ3v) is 6.30. The molecule has 0 spiro atoms. The van der Waals surface area contributed by atoms with E-state index in [9.17, 15) is 4.79 Å². The summed E-state index contributed by atoms with van der Waals surface area (Å²) in [5.41, 5.74) is 4.94. The van der Waals surface area contributed by atoms with Gasteiger partial charge in [-0.2, -0.15) is 5.10 Å². The van der Waals surface area contributed by atoms with Crippen LogP contribution in [-0.4, -0.2) is 33.7 Å². The number of hydrogen-bond acceptors (Lipinski definition) is 4. The highest BCUT2D eigenvalue weighted by molar-refractivity contribution is 7.10. The lowest BCUT2D eigenvalue weighted by atomic mass is 10.0. The number of aryl methyl sites for hydroxylation is 1. The molecule has 3 heterocycles. The van der Waals surface area contributed by atoms with Crippen LogP contribution in [0.4, 0.5) is 5.69 Å². The average molecular weight is 381 g/mol. The van der Waals surface area contributed by atoms with E-state index < -0.39 is 0 Å². The Hall–Kier alpha value is -2.44. The van der Waals surface area contributed by atoms with Gasteiger partial charge in [-0.3, -0.25) is 9.69 Å². The zero-order valence-electron chi connectivity index (χ0n) is 15.9. The first kappa shape index (κ1) is 17.9. The van der Waals surface area contributed by atoms with Gasteiger partial charge in [0, 0.05) is 17.5 Å². The molecule has 6 heteroatoms. The molecule has 0 unspecified atom stereocenters. The zero-order valence-corrected chi connectivity index (χ0v) is 16.7. The number of nitrogens with zero attached hydrogens (tertiary/aromatic N) is 3. The molecule has 1 aliphatic heterocycles. The number of amides is 1. The number of rotatable bonds is 4. The Labute approximate surface area is 163 Å². The van der Waals surface area contributed by atoms with Crippen molar-refractivity contribution in [3.8, 4) is 5.69 Å². The van der Waals surface area contributed by atoms with E-state index in [4.69, 9.17) is 0 Å². The maximum atomic E-state index is 12.7. The average Bonchev–Trinajstić information content (AvgIpc) is 3.25. The van der Waals surface area contributed by atoms with Crippen LogP contribution in [0.2, 0.25) is 0 Å². The fourth-order valence-corrected chi connectivity index (χ4v) is 4.75. The SMILES string of the molecule is Cc1nn(-c2ccccc2)c(C)c1NC(=O)CN1CCc2sccc2[C@@H]1C. The van der Waals surface area contributed by atoms with Gasteiger partial charge in [-0.05, 0) is 56.3 Å². The molecule has 5 nitrogen and oxygen atoms in total. The highest BCUT2D eigenvalue weighted by Gasteiger charge is 2.26. The van der Waals surface area contributed by atoms with Crippen LogP contribution in [0.25, 0.3) is 5.69 Å². The molecule has 4 rings (SSSR count). The van der Waals surface area contributed by atoms with E-state index in [2.05, 4.69) is 33.7 Å². The van der Waals surface area contributed by atoms with Gasteiger partial charge in [-0.15, -0.1) is 11.3 Å². The molecule has 1 amide bonds. The van der Waals surface area contributed by atoms with Crippen LogP contribution in [0.5, 0.6) is 0 Å². The van der Waals surface area contributed by atoms with E-state index >= 15 is 0 Å². The van der Waals surface area contributed by atoms with Crippen LogP contribution >= 0.6 is 11.3 Å². The van der Waals surface area contributed by atoms with Crippen LogP contribution in [0.3, 0.4) is 0 Å². The van der Waals surface area contributed by atoms with Crippen molar-refractivity contribution in [3.05, 3.63) is 63.6 Å². The predicted molar refractivity (Wildman–Crippen MR) is 110 cm³/mol. The molecule has 1 atom stereocenters. The third-order valence-electron chi connectivity index (χ3n) is 5.31. The van der Waals surface area contributed by atoms with E-state index in [1.807, 2.05) is 60.2 Å². The van der Waals surface area contributed by atoms with Crippen molar-refractivity contribution in [2.45, 2.75) is 33.2 Å². The van der Waals surface area contributed by atoms with Gasteiger partial charge in [-0.1, -0.05) is 18.2 Å². The second kappa shape index (κ2) is 7.29. The Morgan fingerprint density at radius 2 is 2.04 bits per heavy atom. The Balaban J connectivity index is 1.48. The normalized spacial score (nSPS) is 16.9. The van der Waals surface area contributed by atoms with E-state index in [-0.39, 0.29) is 11.9 Å². The molecule has 0 bridgehead atoms. The maximum absolute atomic E-state index is 12.7. The first-order valence-corrected chi connectivity index (χ1v) is 10.1. The van der Waals surface area contributed by atoms with Crippen molar-refractivity contribution in [2.24, 2.45) is 0 Å². The lowest BCUT2D eigenvalue weighted by molar-refractivity contribution is -0.117. The number of aromatic nitrogens is 2. The van der Waals surface area contributed by atoms with E-state index in [1.54, 1.807) is 0 Å². The van der Waals surface area contributed by atoms with E-state index in [0.717, 1.165) is 35.7 Å². The number of carbonyl (C=O) groups is 1. The second-order valence-electron chi connectivity index (χ2n) is 7.04. The minimum absolute atomic E-state index is 0.0133. The molecule has 0 aliphatic carbocycles. The zero-order chi connectivity index (χ0) is 19.0. The van der Waals surface area contributed by atoms with Gasteiger partial charge < -0.3 is 5.32 Å². The number of nitrogens with one attached hydrogen (secondary N) is 1. The maximum Gasteiger partial charge on any atom is 0.238 e. The summed E-state index contributed by atoms with van der Waals surface area (Å²) in [7, 11) is 0. The molecule has 0 saturated carbocycles. The van der Waals surface area contributed by atoms with Gasteiger partial charge in [0.15, 0.2) is 0 Å². The number of fused-ring (bicyclic) bond motifs is 1. The van der Waals surface area contributed by atoms with Crippen molar-refractivity contribution in [2.75, 3.05) is 18.4 Å². The van der Waals surface area contributed by atoms with E-state index in [1.165, 1.54) is 10.4 Å². The number of hydrogen-bond donors (Lipinski definition) is 1. The molecule has 1 aliphatic rings. The number of para-hydroxylation sites is 1. The molecule has 1 aromatic carbocycles. The first-order valence-electron chi connectivity index (χ1n) is 9.26. The van der Waals surface area contributed by atoms with E-state index in [0.29, 0.717) is 6.54 Å². The molecule has 3 aromatic rings. The fraction of sp³-hybridized carbons (Fsp3) is 0.333. The van der Waals surface area contributed by atoms with Crippen molar-refractivity contribution in [3.63, 3.8) is 0 Å². The van der Waals surface area contributed by atoms with Crippen molar-refractivity contribution in [1.29, 1.82) is 0 Å². The Bertz CT molecular complexity index is 960. The highest BCUT2D eigenvalue weighted by Crippen LogP contribution is 2.32. The van der Waals surface area contributed by atoms with Gasteiger partial charge in [0.05, 0.1) is 29.3 Å². The molecule has 27 heavy (non-hydrogen) atoms. The molecule has 0 fully saturated rings. The van der Waals surface area contributed by atoms with Crippen molar-refractivity contribution in [1.82, 2.24) is 14.7 Å². The smallest absolute Gasteiger partial charge is 0.238 e. The molecule has 0 radical (unpaired) electrons. The molecular formula is C21H24N4OS. The van der Waals surface area contributed by atoms with Gasteiger partial charge >= 0.3 is 0 Å². The van der Waals surface area contributed by atoms with Crippen LogP contribution in [-0.2, 0) is 11.2 Å². The molecule has 1 N–H and O–H groups in total. The summed E-state index contributed by atoms with van der Waals surface area (Å²) >= 11 is 1.82. The molecule has 2 aromatic heterocycles. The van der Waals surface area contributed by atoms with Crippen LogP contribution in [0, 0.1) is 13.8 Å². The lowest BCUT2D eigenvalue weighted by Gasteiger charge is -2.32. The second-order valence-corrected chi connectivity index (χ2v) is 8.04. The van der Waals surface area contributed by atoms with Crippen molar-refractivity contribution >= 4 is 22.9 Å². The molecular weight excluding hydrogens is 356 g/mol. The summed E-state index contributed by atoms with van der Waals surface area (Å²) in [6, 6.07) is 12.4. The van der Waals surface area contributed by atoms with Crippen LogP contribution in [0.1, 0.15) is 34.8 Å². The fourth-order valence-electron chi connectivity index (χ4n) is 3.79. The summed E-state index contributed by atoms with van der Waals surface area (Å²) in [5.74, 6) is 0.0133. The largest absolute Gasteiger partial charge is 0.322 e. The molecule has 140 valence electrons. The monoisotopic (exact) mass is 380 g/mol. The summed E-state index contributed by atoms with van der Waals surface area (Å²) in [6.45, 7) is 7.42. The number of thiophene rings is 1. The summed E-state index contributed by atoms with van der Waals surface area (Å²) < 4.78 is 1.88. The topological polar surface area (TPSA) is 50.2 Å². The first-order chi connectivity index (χ1) is 13.0. The summed E-state index contributed by atoms with van der Waals surface area (Å²) in [4.78, 5) is 16.4. The number of benzene rings is 1. The van der Waals surface area contributed by atoms with Gasteiger partial charge in [0.25, 0.3) is 0 Å². The van der Waals surface area contributed by atoms with Crippen LogP contribution < -0.4 is 5.32 Å². The van der Waals surface area contributed by atoms with Gasteiger partial charge in [-0.25, -0.2) is 4.68 Å². The summed E-state index contributed by atoms with van der Waals surface area (Å²) in [5, 5.41) is 9.85. The minimum atomic E-state index is 0.0133. The number of carbonyl (C=O) groups excluding carboxylic acids is 1. The predicted octanol–water partition coefficient (Wildman–Crippen LogP) is 4.11. The third kappa shape index (κ3) is 3.42. The van der Waals surface area contributed by atoms with Gasteiger partial charge in [0.2, 0.25) is 5.91 Å². The number of anilines is 1. The van der Waals surface area contributed by atoms with Crippen LogP contribution in [0.15, 0.2) is 41.8 Å². The minimum Gasteiger partial charge on any atom is -0.322 e. The van der Waals surface area contributed by atoms with Crippen molar-refractivity contribution < 1.29 is 4.79 Å². The molecule has 0 saturated heterocycles. The lowest BCUT2D eigenvalue weighted by Crippen LogP contribution is -2.39. The summed E-state index contributed by atoms with van der Waals surface area (Å²) in [6.07, 6.45) is 1.02.